The molecule has 1 unspecified atom stereocenters. The van der Waals surface area contributed by atoms with Crippen LogP contribution < -0.4 is 10.1 Å². The molecule has 6 heteroatoms. The van der Waals surface area contributed by atoms with Gasteiger partial charge in [-0.15, -0.1) is 0 Å². The zero-order valence-electron chi connectivity index (χ0n) is 14.1. The van der Waals surface area contributed by atoms with E-state index in [-0.39, 0.29) is 24.6 Å². The summed E-state index contributed by atoms with van der Waals surface area (Å²) in [5, 5.41) is 3.26. The molecule has 0 radical (unpaired) electrons. The first-order valence-electron chi connectivity index (χ1n) is 8.72. The van der Waals surface area contributed by atoms with Crippen molar-refractivity contribution in [3.05, 3.63) is 29.6 Å². The average Bonchev–Trinajstić information content (AvgIpc) is 3.44. The summed E-state index contributed by atoms with van der Waals surface area (Å²) >= 11 is 0. The van der Waals surface area contributed by atoms with Crippen molar-refractivity contribution in [3.63, 3.8) is 0 Å². The fourth-order valence-corrected chi connectivity index (χ4v) is 2.84. The number of nitrogens with zero attached hydrogens (tertiary/aromatic N) is 1. The molecule has 1 saturated heterocycles. The predicted molar refractivity (Wildman–Crippen MR) is 88.5 cm³/mol. The van der Waals surface area contributed by atoms with Gasteiger partial charge >= 0.3 is 6.09 Å². The average molecular weight is 336 g/mol. The van der Waals surface area contributed by atoms with Gasteiger partial charge in [-0.3, -0.25) is 0 Å². The van der Waals surface area contributed by atoms with E-state index in [1.165, 1.54) is 18.9 Å². The third-order valence-corrected chi connectivity index (χ3v) is 4.61. The summed E-state index contributed by atoms with van der Waals surface area (Å²) in [5.74, 6) is 0.881. The maximum atomic E-state index is 13.9. The minimum atomic E-state index is -0.382. The first-order valence-corrected chi connectivity index (χ1v) is 8.72. The van der Waals surface area contributed by atoms with Crippen LogP contribution in [0.15, 0.2) is 18.2 Å². The van der Waals surface area contributed by atoms with E-state index in [1.807, 2.05) is 6.92 Å². The molecule has 1 N–H and O–H groups in total. The highest BCUT2D eigenvalue weighted by Gasteiger charge is 2.26. The lowest BCUT2D eigenvalue weighted by molar-refractivity contribution is 0.0706. The van der Waals surface area contributed by atoms with Crippen molar-refractivity contribution in [2.45, 2.75) is 38.8 Å². The molecule has 1 aliphatic carbocycles. The molecule has 1 heterocycles. The number of rotatable bonds is 6. The lowest BCUT2D eigenvalue weighted by Gasteiger charge is -2.34. The molecule has 3 rings (SSSR count). The van der Waals surface area contributed by atoms with Gasteiger partial charge in [0, 0.05) is 31.2 Å². The molecule has 132 valence electrons. The van der Waals surface area contributed by atoms with E-state index >= 15 is 0 Å². The second-order valence-corrected chi connectivity index (χ2v) is 6.52. The molecule has 1 aromatic rings. The third-order valence-electron chi connectivity index (χ3n) is 4.61. The normalized spacial score (nSPS) is 20.8. The molecule has 2 aliphatic rings. The zero-order valence-corrected chi connectivity index (χ0v) is 14.1. The van der Waals surface area contributed by atoms with Gasteiger partial charge in [-0.2, -0.15) is 0 Å². The highest BCUT2D eigenvalue weighted by Crippen LogP contribution is 2.30. The standard InChI is InChI=1S/C18H25FN2O3/c1-2-15-10-20-7-8-21(15)18(22)24-12-14-9-16(5-6-17(14)19)23-11-13-3-4-13/h5-6,9,13,15,20H,2-4,7-8,10-12H2,1H3. The summed E-state index contributed by atoms with van der Waals surface area (Å²) in [6.45, 7) is 4.77. The summed E-state index contributed by atoms with van der Waals surface area (Å²) in [5.41, 5.74) is 0.347. The van der Waals surface area contributed by atoms with E-state index in [9.17, 15) is 9.18 Å². The van der Waals surface area contributed by atoms with Crippen molar-refractivity contribution in [2.75, 3.05) is 26.2 Å². The number of hydrogen-bond donors (Lipinski definition) is 1. The van der Waals surface area contributed by atoms with Gasteiger partial charge in [0.2, 0.25) is 0 Å². The van der Waals surface area contributed by atoms with Crippen LogP contribution in [-0.4, -0.2) is 43.3 Å². The maximum absolute atomic E-state index is 13.9. The number of carbonyl (C=O) groups excluding carboxylic acids is 1. The van der Waals surface area contributed by atoms with Crippen molar-refractivity contribution in [1.29, 1.82) is 0 Å². The number of ether oxygens (including phenoxy) is 2. The van der Waals surface area contributed by atoms with Crippen LogP contribution in [0.25, 0.3) is 0 Å². The first-order chi connectivity index (χ1) is 11.7. The van der Waals surface area contributed by atoms with Crippen molar-refractivity contribution >= 4 is 6.09 Å². The minimum Gasteiger partial charge on any atom is -0.493 e. The van der Waals surface area contributed by atoms with Gasteiger partial charge in [-0.05, 0) is 43.4 Å². The molecule has 1 aromatic carbocycles. The van der Waals surface area contributed by atoms with Crippen molar-refractivity contribution in [3.8, 4) is 5.75 Å². The monoisotopic (exact) mass is 336 g/mol. The molecule has 1 amide bonds. The van der Waals surface area contributed by atoms with E-state index in [0.717, 1.165) is 19.5 Å². The fraction of sp³-hybridized carbons (Fsp3) is 0.611. The van der Waals surface area contributed by atoms with Crippen LogP contribution in [0.2, 0.25) is 0 Å². The Morgan fingerprint density at radius 1 is 1.42 bits per heavy atom. The molecule has 24 heavy (non-hydrogen) atoms. The van der Waals surface area contributed by atoms with Crippen LogP contribution >= 0.6 is 0 Å². The molecule has 1 saturated carbocycles. The molecule has 0 aromatic heterocycles. The van der Waals surface area contributed by atoms with Crippen molar-refractivity contribution in [1.82, 2.24) is 10.2 Å². The van der Waals surface area contributed by atoms with Gasteiger partial charge in [0.25, 0.3) is 0 Å². The third kappa shape index (κ3) is 4.38. The lowest BCUT2D eigenvalue weighted by Crippen LogP contribution is -2.53. The summed E-state index contributed by atoms with van der Waals surface area (Å²) < 4.78 is 24.9. The van der Waals surface area contributed by atoms with Crippen LogP contribution in [0.5, 0.6) is 5.75 Å². The van der Waals surface area contributed by atoms with Crippen LogP contribution in [0.1, 0.15) is 31.7 Å². The number of amides is 1. The molecule has 1 atom stereocenters. The van der Waals surface area contributed by atoms with Crippen molar-refractivity contribution in [2.24, 2.45) is 5.92 Å². The van der Waals surface area contributed by atoms with Crippen LogP contribution in [0.3, 0.4) is 0 Å². The molecular formula is C18H25FN2O3. The van der Waals surface area contributed by atoms with Crippen LogP contribution in [0, 0.1) is 11.7 Å². The highest BCUT2D eigenvalue weighted by atomic mass is 19.1. The van der Waals surface area contributed by atoms with E-state index in [0.29, 0.717) is 30.4 Å². The summed E-state index contributed by atoms with van der Waals surface area (Å²) in [7, 11) is 0. The highest BCUT2D eigenvalue weighted by molar-refractivity contribution is 5.68. The van der Waals surface area contributed by atoms with Gasteiger partial charge in [0.05, 0.1) is 6.61 Å². The van der Waals surface area contributed by atoms with Gasteiger partial charge in [-0.25, -0.2) is 9.18 Å². The van der Waals surface area contributed by atoms with Crippen LogP contribution in [-0.2, 0) is 11.3 Å². The maximum Gasteiger partial charge on any atom is 0.410 e. The number of carbonyl (C=O) groups is 1. The van der Waals surface area contributed by atoms with Gasteiger partial charge in [0.1, 0.15) is 18.2 Å². The largest absolute Gasteiger partial charge is 0.493 e. The smallest absolute Gasteiger partial charge is 0.410 e. The number of piperazine rings is 1. The fourth-order valence-electron chi connectivity index (χ4n) is 2.84. The Morgan fingerprint density at radius 2 is 2.25 bits per heavy atom. The van der Waals surface area contributed by atoms with Gasteiger partial charge < -0.3 is 19.7 Å². The molecule has 5 nitrogen and oxygen atoms in total. The van der Waals surface area contributed by atoms with E-state index in [1.54, 1.807) is 17.0 Å². The lowest BCUT2D eigenvalue weighted by atomic mass is 10.1. The minimum absolute atomic E-state index is 0.0777. The molecule has 2 fully saturated rings. The van der Waals surface area contributed by atoms with E-state index in [2.05, 4.69) is 5.32 Å². The number of nitrogens with one attached hydrogen (secondary N) is 1. The van der Waals surface area contributed by atoms with Gasteiger partial charge in [0.15, 0.2) is 0 Å². The van der Waals surface area contributed by atoms with E-state index in [4.69, 9.17) is 9.47 Å². The number of halogens is 1. The topological polar surface area (TPSA) is 50.8 Å². The Kier molecular flexibility index (Phi) is 5.56. The molecule has 0 spiro atoms. The quantitative estimate of drug-likeness (QED) is 0.868. The summed E-state index contributed by atoms with van der Waals surface area (Å²) in [6, 6.07) is 4.74. The number of hydrogen-bond acceptors (Lipinski definition) is 4. The van der Waals surface area contributed by atoms with Crippen molar-refractivity contribution < 1.29 is 18.7 Å². The Morgan fingerprint density at radius 3 is 3.00 bits per heavy atom. The second kappa shape index (κ2) is 7.83. The van der Waals surface area contributed by atoms with Crippen LogP contribution in [0.4, 0.5) is 9.18 Å². The Balaban J connectivity index is 1.56. The summed E-state index contributed by atoms with van der Waals surface area (Å²) in [4.78, 5) is 14.0. The molecular weight excluding hydrogens is 311 g/mol. The Hall–Kier alpha value is -1.82. The van der Waals surface area contributed by atoms with E-state index < -0.39 is 0 Å². The molecule has 0 bridgehead atoms. The Labute approximate surface area is 142 Å². The SMILES string of the molecule is CCC1CNCCN1C(=O)OCc1cc(OCC2CC2)ccc1F. The molecule has 1 aliphatic heterocycles. The zero-order chi connectivity index (χ0) is 16.9. The first kappa shape index (κ1) is 17.0. The number of benzene rings is 1. The van der Waals surface area contributed by atoms with Gasteiger partial charge in [-0.1, -0.05) is 6.92 Å². The summed E-state index contributed by atoms with van der Waals surface area (Å²) in [6.07, 6.45) is 2.89. The Bertz CT molecular complexity index is 577. The predicted octanol–water partition coefficient (Wildman–Crippen LogP) is 2.93. The second-order valence-electron chi connectivity index (χ2n) is 6.52.